The van der Waals surface area contributed by atoms with Crippen molar-refractivity contribution < 1.29 is 19.1 Å². The van der Waals surface area contributed by atoms with E-state index in [1.807, 2.05) is 0 Å². The topological polar surface area (TPSA) is 55.8 Å². The van der Waals surface area contributed by atoms with Gasteiger partial charge in [0, 0.05) is 17.1 Å². The molecule has 1 amide bonds. The lowest BCUT2D eigenvalue weighted by molar-refractivity contribution is -0.153. The Labute approximate surface area is 157 Å². The number of nitrogens with zero attached hydrogens (tertiary/aromatic N) is 1. The Morgan fingerprint density at radius 1 is 1.24 bits per heavy atom. The number of methoxy groups -OCH3 is 1. The average molecular weight is 386 g/mol. The number of benzene rings is 1. The molecule has 0 unspecified atom stereocenters. The van der Waals surface area contributed by atoms with Crippen LogP contribution in [0.25, 0.3) is 0 Å². The fourth-order valence-electron chi connectivity index (χ4n) is 3.97. The highest BCUT2D eigenvalue weighted by Gasteiger charge is 2.47. The second-order valence-electron chi connectivity index (χ2n) is 6.55. The Morgan fingerprint density at radius 2 is 2.00 bits per heavy atom. The van der Waals surface area contributed by atoms with Gasteiger partial charge in [0.25, 0.3) is 5.91 Å². The molecule has 25 heavy (non-hydrogen) atoms. The number of ether oxygens (including phenoxy) is 2. The molecule has 1 aliphatic carbocycles. The van der Waals surface area contributed by atoms with Crippen LogP contribution < -0.4 is 4.74 Å². The summed E-state index contributed by atoms with van der Waals surface area (Å²) in [4.78, 5) is 26.6. The average Bonchev–Trinajstić information content (AvgIpc) is 3.01. The number of carbonyl (C=O) groups is 2. The third kappa shape index (κ3) is 3.87. The third-order valence-corrected chi connectivity index (χ3v) is 5.64. The lowest BCUT2D eigenvalue weighted by Gasteiger charge is -2.33. The number of hydrogen-bond acceptors (Lipinski definition) is 4. The molecule has 5 nitrogen and oxygen atoms in total. The summed E-state index contributed by atoms with van der Waals surface area (Å²) in [5.41, 5.74) is 0. The summed E-state index contributed by atoms with van der Waals surface area (Å²) in [5.74, 6) is 0.137. The van der Waals surface area contributed by atoms with Crippen molar-refractivity contribution in [2.45, 2.75) is 44.2 Å². The number of halogens is 2. The van der Waals surface area contributed by atoms with Gasteiger partial charge in [0.05, 0.1) is 12.1 Å². The van der Waals surface area contributed by atoms with Gasteiger partial charge in [-0.25, -0.2) is 4.79 Å². The minimum Gasteiger partial charge on any atom is -0.482 e. The van der Waals surface area contributed by atoms with Gasteiger partial charge in [-0.2, -0.15) is 0 Å². The summed E-state index contributed by atoms with van der Waals surface area (Å²) in [7, 11) is 1.36. The van der Waals surface area contributed by atoms with Crippen molar-refractivity contribution in [1.29, 1.82) is 0 Å². The van der Waals surface area contributed by atoms with E-state index in [-0.39, 0.29) is 24.5 Å². The highest BCUT2D eigenvalue weighted by Crippen LogP contribution is 2.40. The van der Waals surface area contributed by atoms with Crippen LogP contribution in [0, 0.1) is 5.92 Å². The SMILES string of the molecule is COC(=O)[C@@H]1C[C@H]2CCCC[C@@H]2N1C(=O)COc1cc(Cl)ccc1Cl. The lowest BCUT2D eigenvalue weighted by atomic mass is 9.85. The number of esters is 1. The molecular formula is C18H21Cl2NO4. The first-order valence-corrected chi connectivity index (χ1v) is 9.23. The van der Waals surface area contributed by atoms with E-state index >= 15 is 0 Å². The molecule has 136 valence electrons. The molecule has 1 saturated heterocycles. The van der Waals surface area contributed by atoms with Crippen molar-refractivity contribution in [2.24, 2.45) is 5.92 Å². The highest BCUT2D eigenvalue weighted by molar-refractivity contribution is 6.34. The Bertz CT molecular complexity index is 666. The Morgan fingerprint density at radius 3 is 2.76 bits per heavy atom. The van der Waals surface area contributed by atoms with Crippen LogP contribution in [0.15, 0.2) is 18.2 Å². The molecule has 3 rings (SSSR count). The predicted octanol–water partition coefficient (Wildman–Crippen LogP) is 3.70. The van der Waals surface area contributed by atoms with E-state index in [0.717, 1.165) is 25.7 Å². The van der Waals surface area contributed by atoms with Crippen LogP contribution in [0.5, 0.6) is 5.75 Å². The molecule has 0 aromatic heterocycles. The Kier molecular flexibility index (Phi) is 5.74. The minimum absolute atomic E-state index is 0.0868. The van der Waals surface area contributed by atoms with E-state index in [1.54, 1.807) is 23.1 Å². The zero-order valence-corrected chi connectivity index (χ0v) is 15.6. The van der Waals surface area contributed by atoms with E-state index in [4.69, 9.17) is 32.7 Å². The first kappa shape index (κ1) is 18.3. The zero-order chi connectivity index (χ0) is 18.0. The molecule has 7 heteroatoms. The van der Waals surface area contributed by atoms with E-state index in [0.29, 0.717) is 28.1 Å². The van der Waals surface area contributed by atoms with Crippen molar-refractivity contribution in [3.8, 4) is 5.75 Å². The van der Waals surface area contributed by atoms with Crippen molar-refractivity contribution in [1.82, 2.24) is 4.90 Å². The van der Waals surface area contributed by atoms with E-state index < -0.39 is 6.04 Å². The molecule has 0 N–H and O–H groups in total. The smallest absolute Gasteiger partial charge is 0.328 e. The maximum absolute atomic E-state index is 12.8. The van der Waals surface area contributed by atoms with Gasteiger partial charge in [-0.3, -0.25) is 4.79 Å². The van der Waals surface area contributed by atoms with Crippen LogP contribution in [-0.4, -0.2) is 42.6 Å². The van der Waals surface area contributed by atoms with Crippen LogP contribution in [-0.2, 0) is 14.3 Å². The monoisotopic (exact) mass is 385 g/mol. The van der Waals surface area contributed by atoms with Gasteiger partial charge in [-0.15, -0.1) is 0 Å². The molecule has 0 spiro atoms. The maximum atomic E-state index is 12.8. The fourth-order valence-corrected chi connectivity index (χ4v) is 4.30. The van der Waals surface area contributed by atoms with Gasteiger partial charge >= 0.3 is 5.97 Å². The molecular weight excluding hydrogens is 365 g/mol. The van der Waals surface area contributed by atoms with Crippen molar-refractivity contribution >= 4 is 35.1 Å². The largest absolute Gasteiger partial charge is 0.482 e. The zero-order valence-electron chi connectivity index (χ0n) is 14.0. The summed E-state index contributed by atoms with van der Waals surface area (Å²) >= 11 is 12.0. The molecule has 0 radical (unpaired) electrons. The summed E-state index contributed by atoms with van der Waals surface area (Å²) in [6, 6.07) is 4.41. The van der Waals surface area contributed by atoms with Crippen LogP contribution in [0.4, 0.5) is 0 Å². The van der Waals surface area contributed by atoms with Gasteiger partial charge in [0.2, 0.25) is 0 Å². The van der Waals surface area contributed by atoms with E-state index in [9.17, 15) is 9.59 Å². The van der Waals surface area contributed by atoms with Crippen molar-refractivity contribution in [3.05, 3.63) is 28.2 Å². The lowest BCUT2D eigenvalue weighted by Crippen LogP contribution is -2.48. The fraction of sp³-hybridized carbons (Fsp3) is 0.556. The van der Waals surface area contributed by atoms with Gasteiger partial charge < -0.3 is 14.4 Å². The van der Waals surface area contributed by atoms with Gasteiger partial charge in [-0.1, -0.05) is 36.0 Å². The quantitative estimate of drug-likeness (QED) is 0.741. The van der Waals surface area contributed by atoms with Crippen molar-refractivity contribution in [3.63, 3.8) is 0 Å². The van der Waals surface area contributed by atoms with Crippen LogP contribution >= 0.6 is 23.2 Å². The molecule has 1 aromatic rings. The number of rotatable bonds is 4. The maximum Gasteiger partial charge on any atom is 0.328 e. The molecule has 0 bridgehead atoms. The van der Waals surface area contributed by atoms with E-state index in [2.05, 4.69) is 0 Å². The molecule has 2 fully saturated rings. The second kappa shape index (κ2) is 7.83. The summed E-state index contributed by atoms with van der Waals surface area (Å²) in [6.07, 6.45) is 4.84. The number of amides is 1. The number of hydrogen-bond donors (Lipinski definition) is 0. The Hall–Kier alpha value is -1.46. The normalized spacial score (nSPS) is 25.4. The van der Waals surface area contributed by atoms with Crippen molar-refractivity contribution in [2.75, 3.05) is 13.7 Å². The molecule has 1 saturated carbocycles. The van der Waals surface area contributed by atoms with Crippen LogP contribution in [0.2, 0.25) is 10.0 Å². The van der Waals surface area contributed by atoms with Crippen LogP contribution in [0.1, 0.15) is 32.1 Å². The summed E-state index contributed by atoms with van der Waals surface area (Å²) in [6.45, 7) is -0.184. The second-order valence-corrected chi connectivity index (χ2v) is 7.39. The van der Waals surface area contributed by atoms with Gasteiger partial charge in [-0.05, 0) is 37.3 Å². The van der Waals surface area contributed by atoms with Gasteiger partial charge in [0.15, 0.2) is 6.61 Å². The predicted molar refractivity (Wildman–Crippen MR) is 95.0 cm³/mol. The number of fused-ring (bicyclic) bond motifs is 1. The number of carbonyl (C=O) groups excluding carboxylic acids is 2. The standard InChI is InChI=1S/C18H21Cl2NO4/c1-24-18(23)15-8-11-4-2-3-5-14(11)21(15)17(22)10-25-16-9-12(19)6-7-13(16)20/h6-7,9,11,14-15H,2-5,8,10H2,1H3/t11-,14+,15+/m1/s1. The highest BCUT2D eigenvalue weighted by atomic mass is 35.5. The molecule has 2 aliphatic rings. The summed E-state index contributed by atoms with van der Waals surface area (Å²) in [5, 5.41) is 0.867. The number of likely N-dealkylation sites (tertiary alicyclic amines) is 1. The van der Waals surface area contributed by atoms with Crippen LogP contribution in [0.3, 0.4) is 0 Å². The Balaban J connectivity index is 1.73. The van der Waals surface area contributed by atoms with E-state index in [1.165, 1.54) is 7.11 Å². The molecule has 1 aromatic carbocycles. The first-order chi connectivity index (χ1) is 12.0. The first-order valence-electron chi connectivity index (χ1n) is 8.48. The molecule has 1 aliphatic heterocycles. The molecule has 3 atom stereocenters. The summed E-state index contributed by atoms with van der Waals surface area (Å²) < 4.78 is 10.5. The third-order valence-electron chi connectivity index (χ3n) is 5.09. The molecule has 1 heterocycles. The minimum atomic E-state index is -0.524. The van der Waals surface area contributed by atoms with Gasteiger partial charge in [0.1, 0.15) is 11.8 Å².